The second-order valence-corrected chi connectivity index (χ2v) is 7.17. The highest BCUT2D eigenvalue weighted by Crippen LogP contribution is 2.35. The van der Waals surface area contributed by atoms with Gasteiger partial charge in [0.1, 0.15) is 16.7 Å². The van der Waals surface area contributed by atoms with Gasteiger partial charge in [-0.15, -0.1) is 0 Å². The third kappa shape index (κ3) is 3.83. The molecule has 0 radical (unpaired) electrons. The molecular formula is C20H20N4O2S. The first-order valence-electron chi connectivity index (χ1n) is 8.39. The molecule has 4 N–H and O–H groups in total. The van der Waals surface area contributed by atoms with Gasteiger partial charge in [0.15, 0.2) is 5.13 Å². The number of aryl methyl sites for hydroxylation is 1. The summed E-state index contributed by atoms with van der Waals surface area (Å²) in [6, 6.07) is 15.8. The van der Waals surface area contributed by atoms with E-state index in [2.05, 4.69) is 4.98 Å². The number of anilines is 3. The van der Waals surface area contributed by atoms with Crippen LogP contribution < -0.4 is 16.4 Å². The number of amides is 1. The molecular weight excluding hydrogens is 360 g/mol. The fourth-order valence-corrected chi connectivity index (χ4v) is 3.69. The van der Waals surface area contributed by atoms with Gasteiger partial charge in [0.2, 0.25) is 11.7 Å². The van der Waals surface area contributed by atoms with Crippen LogP contribution in [0.5, 0.6) is 0 Å². The number of benzene rings is 2. The van der Waals surface area contributed by atoms with Crippen molar-refractivity contribution < 1.29 is 9.59 Å². The van der Waals surface area contributed by atoms with Crippen molar-refractivity contribution >= 4 is 39.7 Å². The molecule has 1 amide bonds. The molecule has 0 unspecified atom stereocenters. The van der Waals surface area contributed by atoms with Gasteiger partial charge in [-0.05, 0) is 26.0 Å². The van der Waals surface area contributed by atoms with Gasteiger partial charge in [-0.3, -0.25) is 9.59 Å². The Morgan fingerprint density at radius 1 is 1.07 bits per heavy atom. The maximum atomic E-state index is 12.8. The number of primary amides is 1. The van der Waals surface area contributed by atoms with Crippen LogP contribution in [0.25, 0.3) is 0 Å². The first kappa shape index (κ1) is 18.6. The van der Waals surface area contributed by atoms with E-state index in [-0.39, 0.29) is 11.6 Å². The first-order valence-corrected chi connectivity index (χ1v) is 9.21. The van der Waals surface area contributed by atoms with E-state index in [9.17, 15) is 9.59 Å². The molecule has 0 saturated carbocycles. The van der Waals surface area contributed by atoms with Crippen LogP contribution in [0.2, 0.25) is 0 Å². The quantitative estimate of drug-likeness (QED) is 0.639. The minimum atomic E-state index is -0.655. The summed E-state index contributed by atoms with van der Waals surface area (Å²) >= 11 is 1.15. The Bertz CT molecular complexity index is 967. The van der Waals surface area contributed by atoms with Crippen molar-refractivity contribution in [2.75, 3.05) is 10.6 Å². The monoisotopic (exact) mass is 380 g/mol. The highest BCUT2D eigenvalue weighted by molar-refractivity contribution is 7.18. The Labute approximate surface area is 161 Å². The van der Waals surface area contributed by atoms with E-state index in [4.69, 9.17) is 11.5 Å². The molecule has 3 rings (SSSR count). The van der Waals surface area contributed by atoms with Crippen molar-refractivity contribution in [3.63, 3.8) is 0 Å². The van der Waals surface area contributed by atoms with Crippen molar-refractivity contribution in [1.29, 1.82) is 0 Å². The molecule has 7 heteroatoms. The summed E-state index contributed by atoms with van der Waals surface area (Å²) in [5.41, 5.74) is 13.9. The lowest BCUT2D eigenvalue weighted by molar-refractivity contribution is -0.118. The van der Waals surface area contributed by atoms with Crippen molar-refractivity contribution in [2.45, 2.75) is 19.9 Å². The van der Waals surface area contributed by atoms with Gasteiger partial charge in [0.05, 0.1) is 0 Å². The zero-order chi connectivity index (χ0) is 19.6. The predicted molar refractivity (Wildman–Crippen MR) is 108 cm³/mol. The van der Waals surface area contributed by atoms with Gasteiger partial charge in [0, 0.05) is 11.3 Å². The van der Waals surface area contributed by atoms with Gasteiger partial charge < -0.3 is 16.4 Å². The van der Waals surface area contributed by atoms with E-state index in [1.165, 1.54) is 0 Å². The standard InChI is InChI=1S/C20H20N4O2S/c1-12-8-10-15(11-9-12)24(13(2)19(22)26)20-23-18(21)17(27-20)16(25)14-6-4-3-5-7-14/h3-11,13H,21H2,1-2H3,(H2,22,26)/t13-/m0/s1. The number of hydrogen-bond donors (Lipinski definition) is 2. The van der Waals surface area contributed by atoms with Crippen LogP contribution in [0.3, 0.4) is 0 Å². The van der Waals surface area contributed by atoms with E-state index in [0.717, 1.165) is 22.6 Å². The number of carbonyl (C=O) groups excluding carboxylic acids is 2. The first-order chi connectivity index (χ1) is 12.9. The molecule has 27 heavy (non-hydrogen) atoms. The highest BCUT2D eigenvalue weighted by Gasteiger charge is 2.27. The minimum absolute atomic E-state index is 0.137. The molecule has 1 aromatic heterocycles. The largest absolute Gasteiger partial charge is 0.382 e. The SMILES string of the molecule is Cc1ccc(N(c2nc(N)c(C(=O)c3ccccc3)s2)[C@@H](C)C(N)=O)cc1. The Morgan fingerprint density at radius 3 is 2.30 bits per heavy atom. The number of aromatic nitrogens is 1. The Balaban J connectivity index is 2.04. The summed E-state index contributed by atoms with van der Waals surface area (Å²) in [6.45, 7) is 3.67. The number of nitrogen functional groups attached to an aromatic ring is 1. The van der Waals surface area contributed by atoms with Crippen LogP contribution in [0, 0.1) is 6.92 Å². The zero-order valence-corrected chi connectivity index (χ0v) is 15.9. The Kier molecular flexibility index (Phi) is 5.23. The number of nitrogens with zero attached hydrogens (tertiary/aromatic N) is 2. The number of ketones is 1. The molecule has 0 aliphatic rings. The van der Waals surface area contributed by atoms with Crippen LogP contribution in [-0.2, 0) is 4.79 Å². The molecule has 2 aromatic carbocycles. The van der Waals surface area contributed by atoms with Gasteiger partial charge in [-0.2, -0.15) is 0 Å². The van der Waals surface area contributed by atoms with E-state index >= 15 is 0 Å². The summed E-state index contributed by atoms with van der Waals surface area (Å²) < 4.78 is 0. The molecule has 6 nitrogen and oxygen atoms in total. The maximum absolute atomic E-state index is 12.8. The molecule has 0 bridgehead atoms. The van der Waals surface area contributed by atoms with E-state index < -0.39 is 11.9 Å². The predicted octanol–water partition coefficient (Wildman–Crippen LogP) is 3.28. The van der Waals surface area contributed by atoms with Crippen molar-refractivity contribution in [1.82, 2.24) is 4.98 Å². The van der Waals surface area contributed by atoms with Gasteiger partial charge in [0.25, 0.3) is 0 Å². The number of carbonyl (C=O) groups is 2. The molecule has 3 aromatic rings. The minimum Gasteiger partial charge on any atom is -0.382 e. The maximum Gasteiger partial charge on any atom is 0.240 e. The van der Waals surface area contributed by atoms with Crippen LogP contribution >= 0.6 is 11.3 Å². The van der Waals surface area contributed by atoms with Crippen molar-refractivity contribution in [2.24, 2.45) is 5.73 Å². The topological polar surface area (TPSA) is 102 Å². The fraction of sp³-hybridized carbons (Fsp3) is 0.150. The molecule has 0 spiro atoms. The number of hydrogen-bond acceptors (Lipinski definition) is 6. The summed E-state index contributed by atoms with van der Waals surface area (Å²) in [5, 5.41) is 0.446. The summed E-state index contributed by atoms with van der Waals surface area (Å²) in [7, 11) is 0. The lowest BCUT2D eigenvalue weighted by Gasteiger charge is -2.26. The third-order valence-corrected chi connectivity index (χ3v) is 5.27. The average molecular weight is 380 g/mol. The fourth-order valence-electron chi connectivity index (χ4n) is 2.64. The van der Waals surface area contributed by atoms with Crippen LogP contribution in [0.4, 0.5) is 16.6 Å². The Hall–Kier alpha value is -3.19. The van der Waals surface area contributed by atoms with E-state index in [1.54, 1.807) is 36.1 Å². The molecule has 1 heterocycles. The summed E-state index contributed by atoms with van der Waals surface area (Å²) in [5.74, 6) is -0.564. The van der Waals surface area contributed by atoms with Crippen molar-refractivity contribution in [3.05, 3.63) is 70.6 Å². The molecule has 0 fully saturated rings. The lowest BCUT2D eigenvalue weighted by atomic mass is 10.1. The van der Waals surface area contributed by atoms with Gasteiger partial charge in [-0.25, -0.2) is 4.98 Å². The number of nitrogens with two attached hydrogens (primary N) is 2. The number of thiazole rings is 1. The normalized spacial score (nSPS) is 11.8. The number of rotatable bonds is 6. The smallest absolute Gasteiger partial charge is 0.240 e. The highest BCUT2D eigenvalue weighted by atomic mass is 32.1. The molecule has 0 aliphatic heterocycles. The van der Waals surface area contributed by atoms with Crippen LogP contribution in [-0.4, -0.2) is 22.7 Å². The second kappa shape index (κ2) is 7.59. The molecule has 0 saturated heterocycles. The van der Waals surface area contributed by atoms with Crippen LogP contribution in [0.1, 0.15) is 27.7 Å². The van der Waals surface area contributed by atoms with Crippen LogP contribution in [0.15, 0.2) is 54.6 Å². The molecule has 1 atom stereocenters. The summed E-state index contributed by atoms with van der Waals surface area (Å²) in [6.07, 6.45) is 0. The third-order valence-electron chi connectivity index (χ3n) is 4.20. The van der Waals surface area contributed by atoms with Crippen molar-refractivity contribution in [3.8, 4) is 0 Å². The van der Waals surface area contributed by atoms with Gasteiger partial charge in [-0.1, -0.05) is 59.4 Å². The van der Waals surface area contributed by atoms with E-state index in [0.29, 0.717) is 15.6 Å². The second-order valence-electron chi connectivity index (χ2n) is 6.19. The Morgan fingerprint density at radius 2 is 1.70 bits per heavy atom. The zero-order valence-electron chi connectivity index (χ0n) is 15.0. The molecule has 0 aliphatic carbocycles. The summed E-state index contributed by atoms with van der Waals surface area (Å²) in [4.78, 5) is 31.0. The average Bonchev–Trinajstić information content (AvgIpc) is 3.04. The van der Waals surface area contributed by atoms with E-state index in [1.807, 2.05) is 37.3 Å². The van der Waals surface area contributed by atoms with Gasteiger partial charge >= 0.3 is 0 Å². The lowest BCUT2D eigenvalue weighted by Crippen LogP contribution is -2.39. The molecule has 138 valence electrons.